The van der Waals surface area contributed by atoms with Gasteiger partial charge in [-0.1, -0.05) is 37.3 Å². The molecule has 2 atom stereocenters. The van der Waals surface area contributed by atoms with Crippen LogP contribution >= 0.6 is 0 Å². The molecule has 4 N–H and O–H groups in total. The van der Waals surface area contributed by atoms with E-state index in [1.54, 1.807) is 37.3 Å². The van der Waals surface area contributed by atoms with Gasteiger partial charge < -0.3 is 11.1 Å². The van der Waals surface area contributed by atoms with Gasteiger partial charge in [0.05, 0.1) is 6.42 Å². The Morgan fingerprint density at radius 3 is 2.18 bits per heavy atom. The van der Waals surface area contributed by atoms with Gasteiger partial charge in [-0.15, -0.1) is 0 Å². The summed E-state index contributed by atoms with van der Waals surface area (Å²) in [5.74, 6) is -3.61. The van der Waals surface area contributed by atoms with Gasteiger partial charge in [-0.3, -0.25) is 19.7 Å². The van der Waals surface area contributed by atoms with Crippen LogP contribution in [0.1, 0.15) is 30.5 Å². The van der Waals surface area contributed by atoms with Gasteiger partial charge >= 0.3 is 0 Å². The van der Waals surface area contributed by atoms with E-state index in [9.17, 15) is 23.2 Å². The molecule has 2 aromatic carbocycles. The lowest BCUT2D eigenvalue weighted by Crippen LogP contribution is -2.50. The number of nitrogens with two attached hydrogens (primary N) is 1. The van der Waals surface area contributed by atoms with Crippen LogP contribution in [0.4, 0.5) is 8.78 Å². The molecule has 0 heterocycles. The lowest BCUT2D eigenvalue weighted by atomic mass is 10.1. The number of nitrogens with one attached hydrogen (secondary N) is 2. The van der Waals surface area contributed by atoms with Gasteiger partial charge in [0.25, 0.3) is 0 Å². The number of carbonyl (C=O) groups is 3. The highest BCUT2D eigenvalue weighted by atomic mass is 19.1. The fourth-order valence-electron chi connectivity index (χ4n) is 2.59. The lowest BCUT2D eigenvalue weighted by Gasteiger charge is -2.18. The van der Waals surface area contributed by atoms with Crippen LogP contribution in [0.2, 0.25) is 0 Å². The molecule has 0 aliphatic carbocycles. The molecule has 0 fully saturated rings. The van der Waals surface area contributed by atoms with Gasteiger partial charge in [-0.05, 0) is 29.7 Å². The fraction of sp³-hybridized carbons (Fsp3) is 0.250. The van der Waals surface area contributed by atoms with Crippen LogP contribution in [0.25, 0.3) is 0 Å². The minimum Gasteiger partial charge on any atom is -0.344 e. The summed E-state index contributed by atoms with van der Waals surface area (Å²) in [5.41, 5.74) is 6.51. The molecule has 0 aliphatic heterocycles. The average Bonchev–Trinajstić information content (AvgIpc) is 2.65. The molecular formula is C20H21F2N3O3. The molecular weight excluding hydrogens is 368 g/mol. The van der Waals surface area contributed by atoms with E-state index in [4.69, 9.17) is 5.73 Å². The second kappa shape index (κ2) is 9.70. The van der Waals surface area contributed by atoms with E-state index in [-0.39, 0.29) is 18.4 Å². The van der Waals surface area contributed by atoms with Crippen molar-refractivity contribution in [2.45, 2.75) is 31.8 Å². The first kappa shape index (κ1) is 21.2. The zero-order valence-corrected chi connectivity index (χ0v) is 15.2. The molecule has 0 spiro atoms. The molecule has 2 aromatic rings. The van der Waals surface area contributed by atoms with Crippen LogP contribution in [0.5, 0.6) is 0 Å². The highest BCUT2D eigenvalue weighted by Crippen LogP contribution is 2.10. The van der Waals surface area contributed by atoms with Crippen LogP contribution in [-0.4, -0.2) is 23.8 Å². The number of hydrogen-bond donors (Lipinski definition) is 3. The third kappa shape index (κ3) is 5.95. The van der Waals surface area contributed by atoms with Crippen molar-refractivity contribution in [2.24, 2.45) is 5.73 Å². The number of rotatable bonds is 7. The van der Waals surface area contributed by atoms with Crippen LogP contribution in [0, 0.1) is 11.6 Å². The number of halogens is 2. The largest absolute Gasteiger partial charge is 0.344 e. The van der Waals surface area contributed by atoms with Gasteiger partial charge in [0.2, 0.25) is 17.7 Å². The molecule has 0 radical (unpaired) electrons. The summed E-state index contributed by atoms with van der Waals surface area (Å²) < 4.78 is 26.4. The summed E-state index contributed by atoms with van der Waals surface area (Å²) in [6, 6.07) is 9.27. The van der Waals surface area contributed by atoms with E-state index in [0.29, 0.717) is 11.6 Å². The monoisotopic (exact) mass is 389 g/mol. The second-order valence-corrected chi connectivity index (χ2v) is 6.22. The Morgan fingerprint density at radius 2 is 1.61 bits per heavy atom. The summed E-state index contributed by atoms with van der Waals surface area (Å²) in [6.07, 6.45) is -0.0983. The van der Waals surface area contributed by atoms with Gasteiger partial charge in [-0.2, -0.15) is 0 Å². The van der Waals surface area contributed by atoms with Crippen molar-refractivity contribution in [3.05, 3.63) is 71.3 Å². The smallest absolute Gasteiger partial charge is 0.249 e. The summed E-state index contributed by atoms with van der Waals surface area (Å²) in [5, 5.41) is 4.63. The Morgan fingerprint density at radius 1 is 1.00 bits per heavy atom. The molecule has 148 valence electrons. The molecule has 0 saturated heterocycles. The van der Waals surface area contributed by atoms with Gasteiger partial charge in [0.15, 0.2) is 0 Å². The highest BCUT2D eigenvalue weighted by Gasteiger charge is 2.24. The Bertz CT molecular complexity index is 839. The Kier molecular flexibility index (Phi) is 7.34. The molecule has 0 saturated carbocycles. The first-order valence-electron chi connectivity index (χ1n) is 8.69. The van der Waals surface area contributed by atoms with Crippen molar-refractivity contribution in [1.82, 2.24) is 10.6 Å². The molecule has 0 bridgehead atoms. The van der Waals surface area contributed by atoms with Crippen LogP contribution < -0.4 is 16.4 Å². The standard InChI is InChI=1S/C20H21F2N3O3/c1-2-16(24-17(26)10-12-8-14(21)11-15(22)9-12)19(27)25-20(28)18(23)13-6-4-3-5-7-13/h3-9,11,16,18H,2,10,23H2,1H3,(H,24,26)(H,25,27,28)/t16?,18-/m0/s1. The average molecular weight is 389 g/mol. The van der Waals surface area contributed by atoms with Crippen LogP contribution in [0.15, 0.2) is 48.5 Å². The first-order chi connectivity index (χ1) is 13.3. The van der Waals surface area contributed by atoms with E-state index in [0.717, 1.165) is 12.1 Å². The molecule has 0 aromatic heterocycles. The topological polar surface area (TPSA) is 101 Å². The SMILES string of the molecule is CCC(NC(=O)Cc1cc(F)cc(F)c1)C(=O)NC(=O)[C@@H](N)c1ccccc1. The van der Waals surface area contributed by atoms with E-state index >= 15 is 0 Å². The Hall–Kier alpha value is -3.13. The highest BCUT2D eigenvalue weighted by molar-refractivity contribution is 6.01. The number of amides is 3. The number of hydrogen-bond acceptors (Lipinski definition) is 4. The summed E-state index contributed by atoms with van der Waals surface area (Å²) in [4.78, 5) is 36.6. The number of benzene rings is 2. The zero-order chi connectivity index (χ0) is 20.7. The second-order valence-electron chi connectivity index (χ2n) is 6.22. The predicted octanol–water partition coefficient (Wildman–Crippen LogP) is 1.74. The molecule has 28 heavy (non-hydrogen) atoms. The third-order valence-corrected chi connectivity index (χ3v) is 4.03. The lowest BCUT2D eigenvalue weighted by molar-refractivity contribution is -0.134. The van der Waals surface area contributed by atoms with Gasteiger partial charge in [-0.25, -0.2) is 8.78 Å². The quantitative estimate of drug-likeness (QED) is 0.671. The van der Waals surface area contributed by atoms with Gasteiger partial charge in [0.1, 0.15) is 23.7 Å². The molecule has 6 nitrogen and oxygen atoms in total. The number of imide groups is 1. The van der Waals surface area contributed by atoms with Crippen molar-refractivity contribution in [3.8, 4) is 0 Å². The zero-order valence-electron chi connectivity index (χ0n) is 15.2. The fourth-order valence-corrected chi connectivity index (χ4v) is 2.59. The van der Waals surface area contributed by atoms with Gasteiger partial charge in [0, 0.05) is 6.07 Å². The molecule has 8 heteroatoms. The molecule has 0 aliphatic rings. The maximum Gasteiger partial charge on any atom is 0.249 e. The van der Waals surface area contributed by atoms with E-state index in [1.807, 2.05) is 0 Å². The van der Waals surface area contributed by atoms with Crippen molar-refractivity contribution < 1.29 is 23.2 Å². The summed E-state index contributed by atoms with van der Waals surface area (Å²) >= 11 is 0. The first-order valence-corrected chi connectivity index (χ1v) is 8.69. The Balaban J connectivity index is 1.95. The number of carbonyl (C=O) groups excluding carboxylic acids is 3. The van der Waals surface area contributed by atoms with Crippen LogP contribution in [0.3, 0.4) is 0 Å². The predicted molar refractivity (Wildman–Crippen MR) is 98.8 cm³/mol. The molecule has 1 unspecified atom stereocenters. The molecule has 2 rings (SSSR count). The normalized spacial score (nSPS) is 12.7. The van der Waals surface area contributed by atoms with Crippen LogP contribution in [-0.2, 0) is 20.8 Å². The van der Waals surface area contributed by atoms with E-state index in [2.05, 4.69) is 10.6 Å². The maximum absolute atomic E-state index is 13.2. The molecule has 3 amide bonds. The third-order valence-electron chi connectivity index (χ3n) is 4.03. The van der Waals surface area contributed by atoms with Crippen molar-refractivity contribution in [3.63, 3.8) is 0 Å². The minimum absolute atomic E-state index is 0.132. The minimum atomic E-state index is -1.03. The summed E-state index contributed by atoms with van der Waals surface area (Å²) in [7, 11) is 0. The summed E-state index contributed by atoms with van der Waals surface area (Å²) in [6.45, 7) is 1.65. The van der Waals surface area contributed by atoms with Crippen molar-refractivity contribution >= 4 is 17.7 Å². The maximum atomic E-state index is 13.2. The van der Waals surface area contributed by atoms with Crippen molar-refractivity contribution in [1.29, 1.82) is 0 Å². The van der Waals surface area contributed by atoms with E-state index < -0.39 is 41.4 Å². The van der Waals surface area contributed by atoms with E-state index in [1.165, 1.54) is 0 Å². The van der Waals surface area contributed by atoms with Crippen molar-refractivity contribution in [2.75, 3.05) is 0 Å². The Labute approximate surface area is 161 Å².